The maximum absolute atomic E-state index is 13.2. The highest BCUT2D eigenvalue weighted by Gasteiger charge is 2.25. The molecule has 0 radical (unpaired) electrons. The molecule has 172 valence electrons. The zero-order chi connectivity index (χ0) is 23.7. The summed E-state index contributed by atoms with van der Waals surface area (Å²) in [4.78, 5) is 27.0. The Morgan fingerprint density at radius 3 is 2.12 bits per heavy atom. The SMILES string of the molecule is Cc1cc2nc(-c3ccccc3)c(N3CCN(C(=O)Cc4ccc(F)cc4)CC3)nc2cc1C. The van der Waals surface area contributed by atoms with E-state index in [9.17, 15) is 9.18 Å². The molecular weight excluding hydrogens is 427 g/mol. The van der Waals surface area contributed by atoms with Gasteiger partial charge in [0.05, 0.1) is 17.5 Å². The second-order valence-electron chi connectivity index (χ2n) is 8.86. The van der Waals surface area contributed by atoms with Gasteiger partial charge in [-0.1, -0.05) is 42.5 Å². The average molecular weight is 455 g/mol. The lowest BCUT2D eigenvalue weighted by molar-refractivity contribution is -0.130. The minimum Gasteiger partial charge on any atom is -0.351 e. The standard InChI is InChI=1S/C28H27FN4O/c1-19-16-24-25(17-20(19)2)31-28(27(30-24)22-6-4-3-5-7-22)33-14-12-32(13-15-33)26(34)18-21-8-10-23(29)11-9-21/h3-11,16-17H,12-15,18H2,1-2H3. The fourth-order valence-corrected chi connectivity index (χ4v) is 4.37. The highest BCUT2D eigenvalue weighted by Crippen LogP contribution is 2.31. The van der Waals surface area contributed by atoms with Crippen LogP contribution in [0.5, 0.6) is 0 Å². The summed E-state index contributed by atoms with van der Waals surface area (Å²) in [6, 6.07) is 20.5. The Bertz CT molecular complexity index is 1330. The molecule has 0 aliphatic carbocycles. The van der Waals surface area contributed by atoms with Crippen molar-refractivity contribution >= 4 is 22.8 Å². The van der Waals surface area contributed by atoms with Gasteiger partial charge in [-0.15, -0.1) is 0 Å². The molecule has 0 atom stereocenters. The first kappa shape index (κ1) is 22.0. The van der Waals surface area contributed by atoms with Crippen molar-refractivity contribution in [1.29, 1.82) is 0 Å². The van der Waals surface area contributed by atoms with Gasteiger partial charge in [-0.2, -0.15) is 0 Å². The molecule has 1 aromatic heterocycles. The summed E-state index contributed by atoms with van der Waals surface area (Å²) in [6.45, 7) is 6.77. The fraction of sp³-hybridized carbons (Fsp3) is 0.250. The van der Waals surface area contributed by atoms with E-state index in [0.29, 0.717) is 26.2 Å². The van der Waals surface area contributed by atoms with Gasteiger partial charge in [-0.25, -0.2) is 14.4 Å². The summed E-state index contributed by atoms with van der Waals surface area (Å²) in [6.07, 6.45) is 0.282. The van der Waals surface area contributed by atoms with Crippen molar-refractivity contribution in [1.82, 2.24) is 14.9 Å². The van der Waals surface area contributed by atoms with Crippen molar-refractivity contribution in [2.45, 2.75) is 20.3 Å². The van der Waals surface area contributed by atoms with Crippen LogP contribution in [0.25, 0.3) is 22.3 Å². The van der Waals surface area contributed by atoms with Gasteiger partial charge in [0.15, 0.2) is 5.82 Å². The van der Waals surface area contributed by atoms with Gasteiger partial charge in [0.2, 0.25) is 5.91 Å². The second kappa shape index (κ2) is 9.21. The zero-order valence-corrected chi connectivity index (χ0v) is 19.5. The van der Waals surface area contributed by atoms with E-state index in [0.717, 1.165) is 33.7 Å². The third-order valence-electron chi connectivity index (χ3n) is 6.51. The quantitative estimate of drug-likeness (QED) is 0.438. The van der Waals surface area contributed by atoms with Crippen LogP contribution in [0.2, 0.25) is 0 Å². The van der Waals surface area contributed by atoms with E-state index < -0.39 is 0 Å². The van der Waals surface area contributed by atoms with Crippen LogP contribution in [-0.4, -0.2) is 47.0 Å². The Labute approximate surface area is 198 Å². The maximum atomic E-state index is 13.2. The molecule has 0 spiro atoms. The third kappa shape index (κ3) is 4.49. The Morgan fingerprint density at radius 2 is 1.47 bits per heavy atom. The number of aryl methyl sites for hydroxylation is 2. The summed E-state index contributed by atoms with van der Waals surface area (Å²) >= 11 is 0. The predicted octanol–water partition coefficient (Wildman–Crippen LogP) is 4.94. The fourth-order valence-electron chi connectivity index (χ4n) is 4.37. The minimum atomic E-state index is -0.291. The van der Waals surface area contributed by atoms with Gasteiger partial charge < -0.3 is 9.80 Å². The number of aromatic nitrogens is 2. The lowest BCUT2D eigenvalue weighted by Gasteiger charge is -2.36. The summed E-state index contributed by atoms with van der Waals surface area (Å²) in [5.41, 5.74) is 6.87. The number of hydrogen-bond acceptors (Lipinski definition) is 4. The van der Waals surface area contributed by atoms with Gasteiger partial charge in [0, 0.05) is 31.7 Å². The van der Waals surface area contributed by atoms with Crippen molar-refractivity contribution in [2.24, 2.45) is 0 Å². The molecule has 1 aliphatic heterocycles. The highest BCUT2D eigenvalue weighted by molar-refractivity contribution is 5.85. The van der Waals surface area contributed by atoms with Crippen LogP contribution in [-0.2, 0) is 11.2 Å². The first-order valence-electron chi connectivity index (χ1n) is 11.6. The monoisotopic (exact) mass is 454 g/mol. The Hall–Kier alpha value is -3.80. The molecule has 0 unspecified atom stereocenters. The number of amides is 1. The number of halogens is 1. The van der Waals surface area contributed by atoms with Gasteiger partial charge in [-0.3, -0.25) is 4.79 Å². The average Bonchev–Trinajstić information content (AvgIpc) is 2.86. The molecule has 5 rings (SSSR count). The number of nitrogens with zero attached hydrogens (tertiary/aromatic N) is 4. The zero-order valence-electron chi connectivity index (χ0n) is 19.5. The van der Waals surface area contributed by atoms with E-state index >= 15 is 0 Å². The number of hydrogen-bond donors (Lipinski definition) is 0. The molecule has 6 heteroatoms. The molecule has 1 saturated heterocycles. The normalized spacial score (nSPS) is 14.0. The molecular formula is C28H27FN4O. The van der Waals surface area contributed by atoms with Crippen molar-refractivity contribution < 1.29 is 9.18 Å². The molecule has 4 aromatic rings. The van der Waals surface area contributed by atoms with Crippen molar-refractivity contribution in [3.63, 3.8) is 0 Å². The van der Waals surface area contributed by atoms with Gasteiger partial charge in [-0.05, 0) is 54.8 Å². The lowest BCUT2D eigenvalue weighted by atomic mass is 10.1. The van der Waals surface area contributed by atoms with Crippen LogP contribution in [0.1, 0.15) is 16.7 Å². The molecule has 5 nitrogen and oxygen atoms in total. The van der Waals surface area contributed by atoms with Crippen LogP contribution in [0.3, 0.4) is 0 Å². The topological polar surface area (TPSA) is 49.3 Å². The van der Waals surface area contributed by atoms with Crippen LogP contribution in [0.15, 0.2) is 66.7 Å². The van der Waals surface area contributed by atoms with Crippen molar-refractivity contribution in [2.75, 3.05) is 31.1 Å². The number of piperazine rings is 1. The van der Waals surface area contributed by atoms with E-state index in [1.54, 1.807) is 12.1 Å². The first-order chi connectivity index (χ1) is 16.5. The summed E-state index contributed by atoms with van der Waals surface area (Å²) in [5.74, 6) is 0.624. The van der Waals surface area contributed by atoms with Gasteiger partial charge in [0.25, 0.3) is 0 Å². The lowest BCUT2D eigenvalue weighted by Crippen LogP contribution is -2.49. The summed E-state index contributed by atoms with van der Waals surface area (Å²) < 4.78 is 13.2. The Kier molecular flexibility index (Phi) is 5.97. The third-order valence-corrected chi connectivity index (χ3v) is 6.51. The summed E-state index contributed by atoms with van der Waals surface area (Å²) in [7, 11) is 0. The van der Waals surface area contributed by atoms with Crippen LogP contribution < -0.4 is 4.90 Å². The molecule has 3 aromatic carbocycles. The number of anilines is 1. The smallest absolute Gasteiger partial charge is 0.227 e. The van der Waals surface area contributed by atoms with E-state index in [1.807, 2.05) is 23.1 Å². The van der Waals surface area contributed by atoms with Gasteiger partial charge in [0.1, 0.15) is 11.5 Å². The Balaban J connectivity index is 1.40. The van der Waals surface area contributed by atoms with Crippen LogP contribution in [0.4, 0.5) is 10.2 Å². The molecule has 0 N–H and O–H groups in total. The van der Waals surface area contributed by atoms with E-state index in [-0.39, 0.29) is 18.1 Å². The predicted molar refractivity (Wildman–Crippen MR) is 133 cm³/mol. The number of benzene rings is 3. The number of carbonyl (C=O) groups excluding carboxylic acids is 1. The highest BCUT2D eigenvalue weighted by atomic mass is 19.1. The van der Waals surface area contributed by atoms with E-state index in [4.69, 9.17) is 9.97 Å². The Morgan fingerprint density at radius 1 is 0.853 bits per heavy atom. The largest absolute Gasteiger partial charge is 0.351 e. The van der Waals surface area contributed by atoms with Crippen LogP contribution >= 0.6 is 0 Å². The van der Waals surface area contributed by atoms with Crippen molar-refractivity contribution in [3.8, 4) is 11.3 Å². The molecule has 2 heterocycles. The number of carbonyl (C=O) groups is 1. The number of fused-ring (bicyclic) bond motifs is 1. The first-order valence-corrected chi connectivity index (χ1v) is 11.6. The maximum Gasteiger partial charge on any atom is 0.227 e. The van der Waals surface area contributed by atoms with E-state index in [1.165, 1.54) is 23.3 Å². The molecule has 1 amide bonds. The molecule has 0 bridgehead atoms. The molecule has 1 fully saturated rings. The molecule has 0 saturated carbocycles. The van der Waals surface area contributed by atoms with E-state index in [2.05, 4.69) is 43.0 Å². The molecule has 1 aliphatic rings. The number of rotatable bonds is 4. The molecule has 34 heavy (non-hydrogen) atoms. The van der Waals surface area contributed by atoms with Crippen molar-refractivity contribution in [3.05, 3.63) is 89.2 Å². The van der Waals surface area contributed by atoms with Crippen LogP contribution in [0, 0.1) is 19.7 Å². The van der Waals surface area contributed by atoms with Gasteiger partial charge >= 0.3 is 0 Å². The minimum absolute atomic E-state index is 0.0604. The second-order valence-corrected chi connectivity index (χ2v) is 8.86. The summed E-state index contributed by atoms with van der Waals surface area (Å²) in [5, 5.41) is 0.